The lowest BCUT2D eigenvalue weighted by atomic mass is 9.99. The second-order valence-corrected chi connectivity index (χ2v) is 4.02. The minimum absolute atomic E-state index is 0.734. The summed E-state index contributed by atoms with van der Waals surface area (Å²) in [6.07, 6.45) is 10.4. The molecule has 1 unspecified atom stereocenters. The molecule has 0 aromatic rings. The minimum Gasteiger partial charge on any atom is -0.126 e. The highest BCUT2D eigenvalue weighted by molar-refractivity contribution is 4.99. The Kier molecular flexibility index (Phi) is 4.18. The van der Waals surface area contributed by atoms with Crippen molar-refractivity contribution in [2.24, 2.45) is 5.92 Å². The quantitative estimate of drug-likeness (QED) is 0.473. The lowest BCUT2D eigenvalue weighted by Gasteiger charge is -2.07. The van der Waals surface area contributed by atoms with Crippen LogP contribution >= 0.6 is 0 Å². The molecule has 1 atom stereocenters. The normalized spacial score (nSPS) is 26.5. The van der Waals surface area contributed by atoms with Crippen LogP contribution in [0.4, 0.5) is 0 Å². The van der Waals surface area contributed by atoms with E-state index in [4.69, 9.17) is 0 Å². The number of hydrogen-bond donors (Lipinski definition) is 0. The Balaban J connectivity index is 2.55. The van der Waals surface area contributed by atoms with Crippen LogP contribution in [0.5, 0.6) is 0 Å². The lowest BCUT2D eigenvalue weighted by molar-refractivity contribution is 0.549. The van der Waals surface area contributed by atoms with Gasteiger partial charge in [-0.3, -0.25) is 0 Å². The van der Waals surface area contributed by atoms with Gasteiger partial charge >= 0.3 is 0 Å². The molecule has 0 spiro atoms. The van der Waals surface area contributed by atoms with E-state index in [-0.39, 0.29) is 0 Å². The van der Waals surface area contributed by atoms with Crippen molar-refractivity contribution in [3.05, 3.63) is 17.4 Å². The van der Waals surface area contributed by atoms with Gasteiger partial charge in [0.05, 0.1) is 0 Å². The van der Waals surface area contributed by atoms with Crippen LogP contribution in [0.1, 0.15) is 52.4 Å². The second kappa shape index (κ2) is 5.22. The van der Waals surface area contributed by atoms with Crippen molar-refractivity contribution in [1.29, 1.82) is 0 Å². The molecule has 0 radical (unpaired) electrons. The minimum atomic E-state index is 0.734. The van der Waals surface area contributed by atoms with Gasteiger partial charge in [-0.15, -0.1) is 5.73 Å². The van der Waals surface area contributed by atoms with Crippen molar-refractivity contribution in [1.82, 2.24) is 0 Å². The van der Waals surface area contributed by atoms with Gasteiger partial charge in [0.15, 0.2) is 0 Å². The molecule has 0 N–H and O–H groups in total. The van der Waals surface area contributed by atoms with Crippen LogP contribution in [0.2, 0.25) is 0 Å². The smallest absolute Gasteiger partial charge is 0.0186 e. The van der Waals surface area contributed by atoms with Crippen molar-refractivity contribution in [2.75, 3.05) is 0 Å². The summed E-state index contributed by atoms with van der Waals surface area (Å²) in [6.45, 7) is 4.49. The average molecular weight is 164 g/mol. The molecule has 68 valence electrons. The summed E-state index contributed by atoms with van der Waals surface area (Å²) in [7, 11) is 0. The molecule has 0 nitrogen and oxygen atoms in total. The molecule has 12 heavy (non-hydrogen) atoms. The van der Waals surface area contributed by atoms with E-state index in [0.29, 0.717) is 0 Å². The van der Waals surface area contributed by atoms with Gasteiger partial charge in [0.25, 0.3) is 0 Å². The molecule has 0 heterocycles. The summed E-state index contributed by atoms with van der Waals surface area (Å²) >= 11 is 0. The van der Waals surface area contributed by atoms with E-state index >= 15 is 0 Å². The summed E-state index contributed by atoms with van der Waals surface area (Å²) in [5.74, 6) is 0.734. The first kappa shape index (κ1) is 9.61. The zero-order chi connectivity index (χ0) is 8.81. The molecule has 0 amide bonds. The first-order valence-corrected chi connectivity index (χ1v) is 5.21. The average Bonchev–Trinajstić information content (AvgIpc) is 2.07. The van der Waals surface area contributed by atoms with E-state index in [1.807, 2.05) is 0 Å². The van der Waals surface area contributed by atoms with Crippen molar-refractivity contribution in [3.63, 3.8) is 0 Å². The van der Waals surface area contributed by atoms with Crippen LogP contribution in [0.25, 0.3) is 0 Å². The summed E-state index contributed by atoms with van der Waals surface area (Å²) in [4.78, 5) is 0. The first-order chi connectivity index (χ1) is 5.79. The van der Waals surface area contributed by atoms with E-state index in [1.54, 1.807) is 0 Å². The van der Waals surface area contributed by atoms with Gasteiger partial charge in [0, 0.05) is 0 Å². The van der Waals surface area contributed by atoms with E-state index in [9.17, 15) is 0 Å². The SMILES string of the molecule is CC1=C=CC(C)CCCCCC1. The van der Waals surface area contributed by atoms with Gasteiger partial charge in [0.2, 0.25) is 0 Å². The molecule has 0 bridgehead atoms. The third-order valence-electron chi connectivity index (χ3n) is 2.58. The molecule has 0 saturated carbocycles. The van der Waals surface area contributed by atoms with Gasteiger partial charge in [-0.2, -0.15) is 0 Å². The van der Waals surface area contributed by atoms with E-state index in [0.717, 1.165) is 5.92 Å². The Morgan fingerprint density at radius 2 is 2.00 bits per heavy atom. The maximum absolute atomic E-state index is 3.39. The number of hydrogen-bond acceptors (Lipinski definition) is 0. The predicted molar refractivity (Wildman–Crippen MR) is 54.1 cm³/mol. The van der Waals surface area contributed by atoms with E-state index < -0.39 is 0 Å². The zero-order valence-corrected chi connectivity index (χ0v) is 8.40. The van der Waals surface area contributed by atoms with Crippen LogP contribution < -0.4 is 0 Å². The number of rotatable bonds is 0. The van der Waals surface area contributed by atoms with Crippen molar-refractivity contribution in [3.8, 4) is 0 Å². The molecule has 0 fully saturated rings. The van der Waals surface area contributed by atoms with Crippen molar-refractivity contribution in [2.45, 2.75) is 52.4 Å². The summed E-state index contributed by atoms with van der Waals surface area (Å²) < 4.78 is 0. The monoisotopic (exact) mass is 164 g/mol. The van der Waals surface area contributed by atoms with Gasteiger partial charge in [0.1, 0.15) is 0 Å². The Labute approximate surface area is 76.4 Å². The van der Waals surface area contributed by atoms with Crippen molar-refractivity contribution >= 4 is 0 Å². The summed E-state index contributed by atoms with van der Waals surface area (Å²) in [5, 5.41) is 0. The molecular formula is C12H20. The topological polar surface area (TPSA) is 0 Å². The Bertz CT molecular complexity index is 182. The summed E-state index contributed by atoms with van der Waals surface area (Å²) in [6, 6.07) is 0. The summed E-state index contributed by atoms with van der Waals surface area (Å²) in [5.41, 5.74) is 4.83. The largest absolute Gasteiger partial charge is 0.126 e. The fourth-order valence-corrected chi connectivity index (χ4v) is 1.65. The highest BCUT2D eigenvalue weighted by atomic mass is 14.0. The zero-order valence-electron chi connectivity index (χ0n) is 8.40. The fourth-order valence-electron chi connectivity index (χ4n) is 1.65. The fraction of sp³-hybridized carbons (Fsp3) is 0.750. The highest BCUT2D eigenvalue weighted by Gasteiger charge is 1.99. The predicted octanol–water partition coefficient (Wildman–Crippen LogP) is 4.08. The lowest BCUT2D eigenvalue weighted by Crippen LogP contribution is -1.91. The van der Waals surface area contributed by atoms with Crippen LogP contribution in [0.3, 0.4) is 0 Å². The first-order valence-electron chi connectivity index (χ1n) is 5.21. The van der Waals surface area contributed by atoms with E-state index in [2.05, 4.69) is 25.7 Å². The third kappa shape index (κ3) is 3.78. The second-order valence-electron chi connectivity index (χ2n) is 4.02. The van der Waals surface area contributed by atoms with Gasteiger partial charge < -0.3 is 0 Å². The van der Waals surface area contributed by atoms with Gasteiger partial charge in [-0.05, 0) is 43.8 Å². The van der Waals surface area contributed by atoms with Crippen LogP contribution in [-0.2, 0) is 0 Å². The standard InChI is InChI=1S/C12H20/c1-11-7-5-3-4-6-8-12(2)10-9-11/h9,11H,3-8H2,1-2H3. The van der Waals surface area contributed by atoms with Gasteiger partial charge in [-0.25, -0.2) is 0 Å². The molecule has 0 aliphatic heterocycles. The molecule has 1 aliphatic rings. The Morgan fingerprint density at radius 3 is 2.83 bits per heavy atom. The Hall–Kier alpha value is -0.480. The molecule has 0 heteroatoms. The Morgan fingerprint density at radius 1 is 1.25 bits per heavy atom. The van der Waals surface area contributed by atoms with Crippen LogP contribution in [0, 0.1) is 5.92 Å². The molecule has 1 aliphatic carbocycles. The van der Waals surface area contributed by atoms with Crippen LogP contribution in [0.15, 0.2) is 17.4 Å². The molecule has 0 aromatic carbocycles. The molecule has 0 aromatic heterocycles. The molecule has 0 saturated heterocycles. The molecule has 1 rings (SSSR count). The molecular weight excluding hydrogens is 144 g/mol. The highest BCUT2D eigenvalue weighted by Crippen LogP contribution is 2.16. The maximum atomic E-state index is 3.39. The third-order valence-corrected chi connectivity index (χ3v) is 2.58. The van der Waals surface area contributed by atoms with E-state index in [1.165, 1.54) is 44.1 Å². The number of allylic oxidation sites excluding steroid dienone is 1. The maximum Gasteiger partial charge on any atom is -0.0186 e. The van der Waals surface area contributed by atoms with Crippen LogP contribution in [-0.4, -0.2) is 0 Å². The van der Waals surface area contributed by atoms with Crippen molar-refractivity contribution < 1.29 is 0 Å². The van der Waals surface area contributed by atoms with Gasteiger partial charge in [-0.1, -0.05) is 26.2 Å².